The molecule has 9 nitrogen and oxygen atoms in total. The highest BCUT2D eigenvalue weighted by Gasteiger charge is 2.28. The van der Waals surface area contributed by atoms with Crippen molar-refractivity contribution in [1.29, 1.82) is 0 Å². The fourth-order valence-electron chi connectivity index (χ4n) is 1.57. The average Bonchev–Trinajstić information content (AvgIpc) is 2.66. The van der Waals surface area contributed by atoms with E-state index in [1.54, 1.807) is 0 Å². The van der Waals surface area contributed by atoms with Crippen LogP contribution >= 0.6 is 0 Å². The summed E-state index contributed by atoms with van der Waals surface area (Å²) < 4.78 is 80.6. The van der Waals surface area contributed by atoms with Crippen molar-refractivity contribution in [2.24, 2.45) is 0 Å². The van der Waals surface area contributed by atoms with Crippen molar-refractivity contribution >= 4 is 23.8 Å². The number of aromatic nitrogens is 1. The van der Waals surface area contributed by atoms with Crippen LogP contribution in [0.5, 0.6) is 0 Å². The van der Waals surface area contributed by atoms with Gasteiger partial charge in [-0.05, 0) is 12.1 Å². The van der Waals surface area contributed by atoms with Crippen molar-refractivity contribution in [3.63, 3.8) is 0 Å². The maximum absolute atomic E-state index is 12.0. The Bertz CT molecular complexity index is 735. The molecule has 0 aliphatic heterocycles. The lowest BCUT2D eigenvalue weighted by molar-refractivity contribution is -0.140. The Balaban J connectivity index is 2.54. The molecule has 1 rings (SSSR count). The summed E-state index contributed by atoms with van der Waals surface area (Å²) in [5.41, 5.74) is -1.04. The molecule has 15 heteroatoms. The van der Waals surface area contributed by atoms with Crippen molar-refractivity contribution in [2.75, 3.05) is 26.3 Å². The van der Waals surface area contributed by atoms with Gasteiger partial charge in [-0.15, -0.1) is 0 Å². The number of nitrogens with zero attached hydrogens (tertiary/aromatic N) is 1. The zero-order valence-electron chi connectivity index (χ0n) is 14.7. The number of esters is 2. The topological polar surface area (TPSA) is 124 Å². The quantitative estimate of drug-likeness (QED) is 0.447. The van der Waals surface area contributed by atoms with E-state index in [1.807, 2.05) is 0 Å². The van der Waals surface area contributed by atoms with E-state index >= 15 is 0 Å². The molecule has 0 saturated heterocycles. The molecular formula is C15H13F6N3O6. The van der Waals surface area contributed by atoms with E-state index in [4.69, 9.17) is 0 Å². The van der Waals surface area contributed by atoms with Crippen LogP contribution in [-0.2, 0) is 19.1 Å². The average molecular weight is 445 g/mol. The molecule has 30 heavy (non-hydrogen) atoms. The van der Waals surface area contributed by atoms with Crippen LogP contribution in [0.1, 0.15) is 21.0 Å². The number of carbonyl (C=O) groups excluding carboxylic acids is 4. The number of alkyl halides is 6. The van der Waals surface area contributed by atoms with Crippen LogP contribution in [0.4, 0.5) is 26.3 Å². The van der Waals surface area contributed by atoms with Crippen LogP contribution in [0.15, 0.2) is 18.2 Å². The van der Waals surface area contributed by atoms with Gasteiger partial charge in [-0.1, -0.05) is 6.07 Å². The molecule has 0 aliphatic rings. The molecule has 0 aliphatic carbocycles. The van der Waals surface area contributed by atoms with Crippen molar-refractivity contribution in [1.82, 2.24) is 15.6 Å². The standard InChI is InChI=1S/C15H13F6N3O6/c16-14(17,18)6-22-10(25)4-29-12(27)8-2-1-3-9(24-8)13(28)30-5-11(26)23-7-15(19,20)21/h1-3H,4-7H2,(H,22,25)(H,23,26). The number of ether oxygens (including phenoxy) is 2. The van der Waals surface area contributed by atoms with E-state index in [0.717, 1.165) is 18.2 Å². The van der Waals surface area contributed by atoms with E-state index < -0.39 is 73.8 Å². The third-order valence-electron chi connectivity index (χ3n) is 2.81. The number of hydrogen-bond donors (Lipinski definition) is 2. The minimum atomic E-state index is -4.65. The molecule has 1 aromatic rings. The molecule has 2 N–H and O–H groups in total. The van der Waals surface area contributed by atoms with E-state index in [1.165, 1.54) is 10.6 Å². The van der Waals surface area contributed by atoms with Gasteiger partial charge in [0.05, 0.1) is 0 Å². The Morgan fingerprint density at radius 1 is 0.767 bits per heavy atom. The molecule has 0 bridgehead atoms. The molecule has 166 valence electrons. The predicted octanol–water partition coefficient (Wildman–Crippen LogP) is 0.752. The summed E-state index contributed by atoms with van der Waals surface area (Å²) in [7, 11) is 0. The Kier molecular flexibility index (Phi) is 8.55. The van der Waals surface area contributed by atoms with Crippen LogP contribution in [0.25, 0.3) is 0 Å². The first-order chi connectivity index (χ1) is 13.8. The van der Waals surface area contributed by atoms with E-state index in [-0.39, 0.29) is 0 Å². The minimum Gasteiger partial charge on any atom is -0.451 e. The monoisotopic (exact) mass is 445 g/mol. The van der Waals surface area contributed by atoms with Gasteiger partial charge in [-0.3, -0.25) is 9.59 Å². The van der Waals surface area contributed by atoms with Crippen molar-refractivity contribution < 1.29 is 55.0 Å². The Morgan fingerprint density at radius 3 is 1.47 bits per heavy atom. The van der Waals surface area contributed by atoms with Gasteiger partial charge in [0.1, 0.15) is 24.5 Å². The van der Waals surface area contributed by atoms with E-state index in [9.17, 15) is 45.5 Å². The first kappa shape index (κ1) is 24.6. The van der Waals surface area contributed by atoms with Gasteiger partial charge in [0.15, 0.2) is 13.2 Å². The Hall–Kier alpha value is -3.39. The van der Waals surface area contributed by atoms with E-state index in [2.05, 4.69) is 14.5 Å². The normalized spacial score (nSPS) is 11.4. The molecule has 2 amide bonds. The zero-order valence-corrected chi connectivity index (χ0v) is 14.7. The van der Waals surface area contributed by atoms with Crippen molar-refractivity contribution in [2.45, 2.75) is 12.4 Å². The number of carbonyl (C=O) groups is 4. The fraction of sp³-hybridized carbons (Fsp3) is 0.400. The molecule has 1 aromatic heterocycles. The van der Waals surface area contributed by atoms with Gasteiger partial charge in [0.2, 0.25) is 0 Å². The lowest BCUT2D eigenvalue weighted by Crippen LogP contribution is -2.36. The maximum atomic E-state index is 12.0. The summed E-state index contributed by atoms with van der Waals surface area (Å²) in [5.74, 6) is -4.98. The van der Waals surface area contributed by atoms with E-state index in [0.29, 0.717) is 0 Å². The van der Waals surface area contributed by atoms with Gasteiger partial charge in [0.25, 0.3) is 11.8 Å². The summed E-state index contributed by atoms with van der Waals surface area (Å²) in [6, 6.07) is 3.22. The summed E-state index contributed by atoms with van der Waals surface area (Å²) in [5, 5.41) is 2.92. The molecule has 0 aromatic carbocycles. The fourth-order valence-corrected chi connectivity index (χ4v) is 1.57. The number of pyridine rings is 1. The van der Waals surface area contributed by atoms with Crippen LogP contribution < -0.4 is 10.6 Å². The molecule has 0 radical (unpaired) electrons. The van der Waals surface area contributed by atoms with Crippen LogP contribution in [0.2, 0.25) is 0 Å². The second-order valence-corrected chi connectivity index (χ2v) is 5.34. The largest absolute Gasteiger partial charge is 0.451 e. The highest BCUT2D eigenvalue weighted by atomic mass is 19.4. The molecular weight excluding hydrogens is 432 g/mol. The molecule has 0 spiro atoms. The molecule has 0 unspecified atom stereocenters. The van der Waals surface area contributed by atoms with Crippen molar-refractivity contribution in [3.8, 4) is 0 Å². The molecule has 1 heterocycles. The predicted molar refractivity (Wildman–Crippen MR) is 82.9 cm³/mol. The minimum absolute atomic E-state index is 0.519. The van der Waals surface area contributed by atoms with Gasteiger partial charge in [0, 0.05) is 0 Å². The second kappa shape index (κ2) is 10.4. The Morgan fingerprint density at radius 2 is 1.13 bits per heavy atom. The van der Waals surface area contributed by atoms with Gasteiger partial charge in [-0.25, -0.2) is 14.6 Å². The van der Waals surface area contributed by atoms with Crippen molar-refractivity contribution in [3.05, 3.63) is 29.6 Å². The number of rotatable bonds is 8. The zero-order chi connectivity index (χ0) is 22.9. The second-order valence-electron chi connectivity index (χ2n) is 5.34. The van der Waals surface area contributed by atoms with Crippen LogP contribution in [0.3, 0.4) is 0 Å². The summed E-state index contributed by atoms with van der Waals surface area (Å²) in [4.78, 5) is 49.4. The molecule has 0 fully saturated rings. The Labute approximate surface area is 163 Å². The third kappa shape index (κ3) is 10.2. The third-order valence-corrected chi connectivity index (χ3v) is 2.81. The number of nitrogens with one attached hydrogen (secondary N) is 2. The summed E-state index contributed by atoms with van der Waals surface area (Å²) in [6.07, 6.45) is -9.31. The lowest BCUT2D eigenvalue weighted by Gasteiger charge is -2.09. The summed E-state index contributed by atoms with van der Waals surface area (Å²) in [6.45, 7) is -5.35. The van der Waals surface area contributed by atoms with Crippen LogP contribution in [-0.4, -0.2) is 67.4 Å². The summed E-state index contributed by atoms with van der Waals surface area (Å²) >= 11 is 0. The number of halogens is 6. The number of amides is 2. The smallest absolute Gasteiger partial charge is 0.405 e. The molecule has 0 saturated carbocycles. The van der Waals surface area contributed by atoms with Gasteiger partial charge in [-0.2, -0.15) is 26.3 Å². The highest BCUT2D eigenvalue weighted by molar-refractivity contribution is 5.93. The number of hydrogen-bond acceptors (Lipinski definition) is 7. The first-order valence-corrected chi connectivity index (χ1v) is 7.75. The highest BCUT2D eigenvalue weighted by Crippen LogP contribution is 2.12. The first-order valence-electron chi connectivity index (χ1n) is 7.75. The van der Waals surface area contributed by atoms with Gasteiger partial charge < -0.3 is 20.1 Å². The van der Waals surface area contributed by atoms with Crippen LogP contribution in [0, 0.1) is 0 Å². The maximum Gasteiger partial charge on any atom is 0.405 e. The van der Waals surface area contributed by atoms with Gasteiger partial charge >= 0.3 is 24.3 Å². The molecule has 0 atom stereocenters. The SMILES string of the molecule is O=C(COC(=O)c1cccc(C(=O)OCC(=O)NCC(F)(F)F)n1)NCC(F)(F)F. The lowest BCUT2D eigenvalue weighted by atomic mass is 10.3.